The highest BCUT2D eigenvalue weighted by atomic mass is 19.1. The van der Waals surface area contributed by atoms with Gasteiger partial charge in [-0.3, -0.25) is 4.90 Å². The SMILES string of the molecule is Cc1ccc(CN2CCO[C@@H]2c2ccn(-c3cccc(F)c3)c2)cc1. The Bertz CT molecular complexity index is 856. The van der Waals surface area contributed by atoms with Crippen molar-refractivity contribution in [1.29, 1.82) is 0 Å². The quantitative estimate of drug-likeness (QED) is 0.700. The van der Waals surface area contributed by atoms with Gasteiger partial charge in [0.05, 0.1) is 6.61 Å². The van der Waals surface area contributed by atoms with Crippen LogP contribution in [0.4, 0.5) is 4.39 Å². The average Bonchev–Trinajstić information content (AvgIpc) is 3.26. The van der Waals surface area contributed by atoms with Gasteiger partial charge in [0.25, 0.3) is 0 Å². The van der Waals surface area contributed by atoms with Crippen molar-refractivity contribution in [2.45, 2.75) is 19.7 Å². The normalized spacial score (nSPS) is 17.9. The van der Waals surface area contributed by atoms with E-state index in [0.717, 1.165) is 30.9 Å². The third kappa shape index (κ3) is 3.50. The molecule has 128 valence electrons. The molecule has 0 amide bonds. The molecule has 0 saturated carbocycles. The maximum Gasteiger partial charge on any atom is 0.138 e. The monoisotopic (exact) mass is 336 g/mol. The first-order chi connectivity index (χ1) is 12.2. The van der Waals surface area contributed by atoms with Crippen LogP contribution in [0.1, 0.15) is 22.9 Å². The van der Waals surface area contributed by atoms with Crippen LogP contribution in [0.5, 0.6) is 0 Å². The maximum absolute atomic E-state index is 13.4. The van der Waals surface area contributed by atoms with E-state index in [1.54, 1.807) is 6.07 Å². The standard InChI is InChI=1S/C21H21FN2O/c1-16-5-7-17(8-6-16)14-24-11-12-25-21(24)18-9-10-23(15-18)20-4-2-3-19(22)13-20/h2-10,13,15,21H,11-12,14H2,1H3/t21-/m1/s1. The fourth-order valence-electron chi connectivity index (χ4n) is 3.26. The van der Waals surface area contributed by atoms with Gasteiger partial charge in [-0.15, -0.1) is 0 Å². The van der Waals surface area contributed by atoms with Gasteiger partial charge >= 0.3 is 0 Å². The summed E-state index contributed by atoms with van der Waals surface area (Å²) in [5.41, 5.74) is 4.46. The molecule has 1 fully saturated rings. The minimum absolute atomic E-state index is 0.0592. The van der Waals surface area contributed by atoms with Crippen molar-refractivity contribution in [3.8, 4) is 5.69 Å². The summed E-state index contributed by atoms with van der Waals surface area (Å²) in [5.74, 6) is -0.231. The van der Waals surface area contributed by atoms with Crippen LogP contribution in [0.25, 0.3) is 5.69 Å². The van der Waals surface area contributed by atoms with Crippen molar-refractivity contribution in [2.75, 3.05) is 13.2 Å². The zero-order chi connectivity index (χ0) is 17.2. The molecule has 1 aliphatic rings. The van der Waals surface area contributed by atoms with Gasteiger partial charge in [-0.25, -0.2) is 4.39 Å². The van der Waals surface area contributed by atoms with E-state index in [4.69, 9.17) is 4.74 Å². The second kappa shape index (κ2) is 6.82. The molecule has 0 N–H and O–H groups in total. The number of benzene rings is 2. The Morgan fingerprint density at radius 2 is 1.96 bits per heavy atom. The molecule has 0 radical (unpaired) electrons. The topological polar surface area (TPSA) is 17.4 Å². The molecule has 1 aliphatic heterocycles. The molecule has 1 saturated heterocycles. The summed E-state index contributed by atoms with van der Waals surface area (Å²) >= 11 is 0. The van der Waals surface area contributed by atoms with Crippen LogP contribution < -0.4 is 0 Å². The molecular weight excluding hydrogens is 315 g/mol. The fraction of sp³-hybridized carbons (Fsp3) is 0.238. The van der Waals surface area contributed by atoms with E-state index in [0.29, 0.717) is 0 Å². The van der Waals surface area contributed by atoms with Crippen molar-refractivity contribution in [2.24, 2.45) is 0 Å². The summed E-state index contributed by atoms with van der Waals surface area (Å²) in [5, 5.41) is 0. The number of aromatic nitrogens is 1. The molecular formula is C21H21FN2O. The lowest BCUT2D eigenvalue weighted by atomic mass is 10.1. The molecule has 0 spiro atoms. The lowest BCUT2D eigenvalue weighted by Gasteiger charge is -2.22. The Morgan fingerprint density at radius 1 is 1.12 bits per heavy atom. The largest absolute Gasteiger partial charge is 0.357 e. The number of hydrogen-bond donors (Lipinski definition) is 0. The Hall–Kier alpha value is -2.43. The van der Waals surface area contributed by atoms with Gasteiger partial charge in [0.2, 0.25) is 0 Å². The molecule has 2 aromatic carbocycles. The molecule has 3 nitrogen and oxygen atoms in total. The fourth-order valence-corrected chi connectivity index (χ4v) is 3.26. The average molecular weight is 336 g/mol. The summed E-state index contributed by atoms with van der Waals surface area (Å²) < 4.78 is 21.3. The summed E-state index contributed by atoms with van der Waals surface area (Å²) in [6, 6.07) is 17.3. The Morgan fingerprint density at radius 3 is 2.76 bits per heavy atom. The van der Waals surface area contributed by atoms with E-state index < -0.39 is 0 Å². The first-order valence-electron chi connectivity index (χ1n) is 8.54. The Kier molecular flexibility index (Phi) is 4.38. The predicted octanol–water partition coefficient (Wildman–Crippen LogP) is 4.46. The Labute approximate surface area is 147 Å². The maximum atomic E-state index is 13.4. The van der Waals surface area contributed by atoms with E-state index in [1.165, 1.54) is 23.3 Å². The number of halogens is 1. The summed E-state index contributed by atoms with van der Waals surface area (Å²) in [6.07, 6.45) is 3.92. The van der Waals surface area contributed by atoms with Gasteiger partial charge in [0.15, 0.2) is 0 Å². The van der Waals surface area contributed by atoms with Crippen molar-refractivity contribution < 1.29 is 9.13 Å². The van der Waals surface area contributed by atoms with Crippen LogP contribution in [0.3, 0.4) is 0 Å². The van der Waals surface area contributed by atoms with E-state index in [-0.39, 0.29) is 12.0 Å². The molecule has 0 bridgehead atoms. The molecule has 4 rings (SSSR count). The minimum Gasteiger partial charge on any atom is -0.357 e. The molecule has 0 unspecified atom stereocenters. The molecule has 25 heavy (non-hydrogen) atoms. The smallest absolute Gasteiger partial charge is 0.138 e. The van der Waals surface area contributed by atoms with Crippen LogP contribution in [0.15, 0.2) is 67.0 Å². The van der Waals surface area contributed by atoms with E-state index in [9.17, 15) is 4.39 Å². The van der Waals surface area contributed by atoms with Gasteiger partial charge in [0, 0.05) is 36.7 Å². The highest BCUT2D eigenvalue weighted by molar-refractivity contribution is 5.34. The predicted molar refractivity (Wildman–Crippen MR) is 96.0 cm³/mol. The Balaban J connectivity index is 1.53. The third-order valence-electron chi connectivity index (χ3n) is 4.60. The van der Waals surface area contributed by atoms with Crippen molar-refractivity contribution in [3.05, 3.63) is 89.5 Å². The zero-order valence-electron chi connectivity index (χ0n) is 14.2. The molecule has 2 heterocycles. The zero-order valence-corrected chi connectivity index (χ0v) is 14.2. The van der Waals surface area contributed by atoms with Crippen LogP contribution in [0, 0.1) is 12.7 Å². The molecule has 1 atom stereocenters. The molecule has 3 aromatic rings. The minimum atomic E-state index is -0.231. The van der Waals surface area contributed by atoms with Crippen LogP contribution >= 0.6 is 0 Å². The highest BCUT2D eigenvalue weighted by Gasteiger charge is 2.27. The first kappa shape index (κ1) is 16.1. The lowest BCUT2D eigenvalue weighted by molar-refractivity contribution is 0.0288. The van der Waals surface area contributed by atoms with E-state index >= 15 is 0 Å². The number of nitrogens with zero attached hydrogens (tertiary/aromatic N) is 2. The van der Waals surface area contributed by atoms with Crippen LogP contribution in [0.2, 0.25) is 0 Å². The summed E-state index contributed by atoms with van der Waals surface area (Å²) in [7, 11) is 0. The first-order valence-corrected chi connectivity index (χ1v) is 8.54. The van der Waals surface area contributed by atoms with Gasteiger partial charge in [-0.2, -0.15) is 0 Å². The molecule has 0 aliphatic carbocycles. The molecule has 1 aromatic heterocycles. The van der Waals surface area contributed by atoms with Crippen LogP contribution in [-0.2, 0) is 11.3 Å². The third-order valence-corrected chi connectivity index (χ3v) is 4.60. The summed E-state index contributed by atoms with van der Waals surface area (Å²) in [4.78, 5) is 2.33. The number of aryl methyl sites for hydroxylation is 1. The van der Waals surface area contributed by atoms with Gasteiger partial charge < -0.3 is 9.30 Å². The van der Waals surface area contributed by atoms with Gasteiger partial charge in [-0.1, -0.05) is 35.9 Å². The van der Waals surface area contributed by atoms with Crippen molar-refractivity contribution >= 4 is 0 Å². The second-order valence-electron chi connectivity index (χ2n) is 6.51. The van der Waals surface area contributed by atoms with Gasteiger partial charge in [-0.05, 0) is 36.8 Å². The van der Waals surface area contributed by atoms with Crippen LogP contribution in [-0.4, -0.2) is 22.6 Å². The van der Waals surface area contributed by atoms with E-state index in [2.05, 4.69) is 36.1 Å². The number of hydrogen-bond acceptors (Lipinski definition) is 2. The van der Waals surface area contributed by atoms with Crippen molar-refractivity contribution in [3.63, 3.8) is 0 Å². The van der Waals surface area contributed by atoms with Crippen molar-refractivity contribution in [1.82, 2.24) is 9.47 Å². The number of rotatable bonds is 4. The summed E-state index contributed by atoms with van der Waals surface area (Å²) in [6.45, 7) is 4.59. The highest BCUT2D eigenvalue weighted by Crippen LogP contribution is 2.29. The lowest BCUT2D eigenvalue weighted by Crippen LogP contribution is -2.23. The van der Waals surface area contributed by atoms with Gasteiger partial charge in [0.1, 0.15) is 12.0 Å². The second-order valence-corrected chi connectivity index (χ2v) is 6.51. The molecule has 4 heteroatoms. The van der Waals surface area contributed by atoms with E-state index in [1.807, 2.05) is 29.1 Å². The number of ether oxygens (including phenoxy) is 1.